The van der Waals surface area contributed by atoms with E-state index >= 15 is 0 Å². The number of fused-ring (bicyclic) bond motifs is 1. The van der Waals surface area contributed by atoms with E-state index in [1.165, 1.54) is 18.5 Å². The molecular weight excluding hydrogens is 356 g/mol. The van der Waals surface area contributed by atoms with Crippen molar-refractivity contribution in [3.05, 3.63) is 63.1 Å². The highest BCUT2D eigenvalue weighted by Crippen LogP contribution is 2.25. The van der Waals surface area contributed by atoms with Gasteiger partial charge < -0.3 is 4.98 Å². The Morgan fingerprint density at radius 3 is 2.62 bits per heavy atom. The Balaban J connectivity index is 2.39. The molecule has 0 aliphatic rings. The van der Waals surface area contributed by atoms with Crippen molar-refractivity contribution >= 4 is 36.9 Å². The van der Waals surface area contributed by atoms with Crippen molar-refractivity contribution in [2.24, 2.45) is 0 Å². The van der Waals surface area contributed by atoms with Gasteiger partial charge in [-0.1, -0.05) is 18.2 Å². The number of nitrogens with one attached hydrogen (secondary N) is 1. The first kappa shape index (κ1) is 14.1. The molecule has 7 heteroatoms. The van der Waals surface area contributed by atoms with E-state index in [1.54, 1.807) is 31.2 Å². The molecule has 1 aromatic carbocycles. The van der Waals surface area contributed by atoms with E-state index in [9.17, 15) is 13.2 Å². The first-order valence-corrected chi connectivity index (χ1v) is 8.35. The number of aromatic nitrogens is 2. The summed E-state index contributed by atoms with van der Waals surface area (Å²) in [4.78, 5) is 14.7. The zero-order valence-corrected chi connectivity index (χ0v) is 13.4. The number of aryl methyl sites for hydroxylation is 1. The molecule has 0 aliphatic heterocycles. The molecule has 3 aromatic rings. The minimum atomic E-state index is -3.82. The van der Waals surface area contributed by atoms with E-state index in [2.05, 4.69) is 20.9 Å². The fourth-order valence-corrected chi connectivity index (χ4v) is 4.27. The van der Waals surface area contributed by atoms with Crippen LogP contribution in [0, 0.1) is 6.92 Å². The van der Waals surface area contributed by atoms with Crippen molar-refractivity contribution in [2.75, 3.05) is 0 Å². The van der Waals surface area contributed by atoms with E-state index in [-0.39, 0.29) is 10.4 Å². The van der Waals surface area contributed by atoms with Crippen molar-refractivity contribution in [1.29, 1.82) is 0 Å². The minimum absolute atomic E-state index is 0.104. The number of aromatic amines is 1. The number of benzene rings is 1. The van der Waals surface area contributed by atoms with Gasteiger partial charge in [-0.25, -0.2) is 12.4 Å². The summed E-state index contributed by atoms with van der Waals surface area (Å²) >= 11 is 3.30. The normalized spacial score (nSPS) is 11.9. The molecule has 0 fully saturated rings. The first-order chi connectivity index (χ1) is 9.93. The van der Waals surface area contributed by atoms with Gasteiger partial charge in [-0.05, 0) is 40.5 Å². The third-order valence-electron chi connectivity index (χ3n) is 3.28. The Morgan fingerprint density at radius 2 is 1.90 bits per heavy atom. The molecule has 5 nitrogen and oxygen atoms in total. The second kappa shape index (κ2) is 4.85. The van der Waals surface area contributed by atoms with Crippen molar-refractivity contribution in [3.63, 3.8) is 0 Å². The minimum Gasteiger partial charge on any atom is -0.326 e. The van der Waals surface area contributed by atoms with Gasteiger partial charge in [0.05, 0.1) is 4.90 Å². The molecule has 0 atom stereocenters. The molecule has 0 unspecified atom stereocenters. The predicted octanol–water partition coefficient (Wildman–Crippen LogP) is 2.64. The van der Waals surface area contributed by atoms with Crippen LogP contribution < -0.4 is 5.56 Å². The summed E-state index contributed by atoms with van der Waals surface area (Å²) in [7, 11) is -3.82. The Labute approximate surface area is 129 Å². The van der Waals surface area contributed by atoms with Gasteiger partial charge in [0.15, 0.2) is 0 Å². The molecule has 2 heterocycles. The highest BCUT2D eigenvalue weighted by molar-refractivity contribution is 9.10. The first-order valence-electron chi connectivity index (χ1n) is 6.12. The summed E-state index contributed by atoms with van der Waals surface area (Å²) in [5.74, 6) is 0. The van der Waals surface area contributed by atoms with Crippen molar-refractivity contribution in [1.82, 2.24) is 8.96 Å². The summed E-state index contributed by atoms with van der Waals surface area (Å²) in [6.07, 6.45) is 2.89. The monoisotopic (exact) mass is 366 g/mol. The maximum Gasteiger partial charge on any atom is 0.273 e. The van der Waals surface area contributed by atoms with Crippen molar-refractivity contribution < 1.29 is 8.42 Å². The smallest absolute Gasteiger partial charge is 0.273 e. The zero-order chi connectivity index (χ0) is 15.2. The van der Waals surface area contributed by atoms with Gasteiger partial charge in [0.25, 0.3) is 15.6 Å². The fraction of sp³-hybridized carbons (Fsp3) is 0.0714. The van der Waals surface area contributed by atoms with Crippen LogP contribution in [0.15, 0.2) is 56.9 Å². The van der Waals surface area contributed by atoms with Crippen molar-refractivity contribution in [3.8, 4) is 0 Å². The summed E-state index contributed by atoms with van der Waals surface area (Å²) in [6.45, 7) is 1.72. The van der Waals surface area contributed by atoms with Crippen LogP contribution in [0.4, 0.5) is 0 Å². The van der Waals surface area contributed by atoms with Gasteiger partial charge in [-0.15, -0.1) is 0 Å². The summed E-state index contributed by atoms with van der Waals surface area (Å²) in [5.41, 5.74) is 0.286. The molecule has 0 radical (unpaired) electrons. The van der Waals surface area contributed by atoms with E-state index in [4.69, 9.17) is 0 Å². The van der Waals surface area contributed by atoms with Gasteiger partial charge in [0, 0.05) is 22.3 Å². The number of nitrogens with zero attached hydrogens (tertiary/aromatic N) is 1. The number of H-pyrrole nitrogens is 1. The largest absolute Gasteiger partial charge is 0.326 e. The molecule has 0 saturated carbocycles. The summed E-state index contributed by atoms with van der Waals surface area (Å²) in [5, 5.41) is 0.552. The third-order valence-corrected chi connectivity index (χ3v) is 5.78. The van der Waals surface area contributed by atoms with Crippen LogP contribution in [-0.4, -0.2) is 17.4 Å². The van der Waals surface area contributed by atoms with Crippen LogP contribution in [0.2, 0.25) is 0 Å². The van der Waals surface area contributed by atoms with Gasteiger partial charge in [0.1, 0.15) is 5.52 Å². The lowest BCUT2D eigenvalue weighted by molar-refractivity contribution is 0.588. The van der Waals surface area contributed by atoms with Crippen LogP contribution in [0.5, 0.6) is 0 Å². The van der Waals surface area contributed by atoms with Crippen LogP contribution in [0.1, 0.15) is 5.56 Å². The van der Waals surface area contributed by atoms with E-state index in [1.807, 2.05) is 0 Å². The molecule has 0 saturated heterocycles. The van der Waals surface area contributed by atoms with Gasteiger partial charge >= 0.3 is 0 Å². The topological polar surface area (TPSA) is 71.9 Å². The second-order valence-corrected chi connectivity index (χ2v) is 7.25. The molecule has 21 heavy (non-hydrogen) atoms. The lowest BCUT2D eigenvalue weighted by Gasteiger charge is -2.09. The SMILES string of the molecule is Cc1ccccc1S(=O)(=O)n1ccc2c(Br)c[nH]c(=O)c21. The Hall–Kier alpha value is -1.86. The number of hydrogen-bond acceptors (Lipinski definition) is 3. The van der Waals surface area contributed by atoms with Gasteiger partial charge in [-0.2, -0.15) is 0 Å². The highest BCUT2D eigenvalue weighted by atomic mass is 79.9. The standard InChI is InChI=1S/C14H11BrN2O3S/c1-9-4-2-3-5-12(9)21(19,20)17-7-6-10-11(15)8-16-14(18)13(10)17/h2-8H,1H3,(H,16,18). The van der Waals surface area contributed by atoms with Crippen LogP contribution in [0.25, 0.3) is 10.9 Å². The van der Waals surface area contributed by atoms with E-state index < -0.39 is 15.6 Å². The molecule has 108 valence electrons. The van der Waals surface area contributed by atoms with E-state index in [0.29, 0.717) is 15.4 Å². The van der Waals surface area contributed by atoms with Gasteiger partial charge in [0.2, 0.25) is 0 Å². The summed E-state index contributed by atoms with van der Waals surface area (Å²) < 4.78 is 27.2. The average molecular weight is 367 g/mol. The van der Waals surface area contributed by atoms with Crippen LogP contribution in [0.3, 0.4) is 0 Å². The zero-order valence-electron chi connectivity index (χ0n) is 11.0. The number of pyridine rings is 1. The second-order valence-electron chi connectivity index (χ2n) is 4.61. The Bertz CT molecular complexity index is 1000. The van der Waals surface area contributed by atoms with E-state index in [0.717, 1.165) is 3.97 Å². The molecular formula is C14H11BrN2O3S. The molecule has 0 bridgehead atoms. The Kier molecular flexibility index (Phi) is 3.26. The number of hydrogen-bond donors (Lipinski definition) is 1. The lowest BCUT2D eigenvalue weighted by atomic mass is 10.2. The molecule has 2 aromatic heterocycles. The van der Waals surface area contributed by atoms with Crippen molar-refractivity contribution in [2.45, 2.75) is 11.8 Å². The quantitative estimate of drug-likeness (QED) is 0.757. The molecule has 0 amide bonds. The lowest BCUT2D eigenvalue weighted by Crippen LogP contribution is -2.18. The molecule has 3 rings (SSSR count). The molecule has 1 N–H and O–H groups in total. The fourth-order valence-electron chi connectivity index (χ4n) is 2.26. The van der Waals surface area contributed by atoms with Gasteiger partial charge in [-0.3, -0.25) is 4.79 Å². The summed E-state index contributed by atoms with van der Waals surface area (Å²) in [6, 6.07) is 8.28. The van der Waals surface area contributed by atoms with Crippen LogP contribution >= 0.6 is 15.9 Å². The highest BCUT2D eigenvalue weighted by Gasteiger charge is 2.22. The predicted molar refractivity (Wildman–Crippen MR) is 84.0 cm³/mol. The number of halogens is 1. The molecule has 0 spiro atoms. The molecule has 0 aliphatic carbocycles. The third kappa shape index (κ3) is 2.13. The average Bonchev–Trinajstić information content (AvgIpc) is 2.90. The Morgan fingerprint density at radius 1 is 1.19 bits per heavy atom. The number of rotatable bonds is 2. The maximum atomic E-state index is 12.8. The maximum absolute atomic E-state index is 12.8. The van der Waals surface area contributed by atoms with Crippen LogP contribution in [-0.2, 0) is 10.0 Å².